The summed E-state index contributed by atoms with van der Waals surface area (Å²) in [6.45, 7) is 2.87. The molecule has 2 aromatic carbocycles. The van der Waals surface area contributed by atoms with E-state index in [1.165, 1.54) is 16.3 Å². The molecule has 3 nitrogen and oxygen atoms in total. The van der Waals surface area contributed by atoms with Crippen LogP contribution in [0.1, 0.15) is 12.0 Å². The second-order valence-electron chi connectivity index (χ2n) is 5.51. The third kappa shape index (κ3) is 3.17. The van der Waals surface area contributed by atoms with Crippen LogP contribution in [0, 0.1) is 5.92 Å². The molecule has 20 heavy (non-hydrogen) atoms. The molecular weight excluding hydrogens is 248 g/mol. The Labute approximate surface area is 119 Å². The summed E-state index contributed by atoms with van der Waals surface area (Å²) >= 11 is 0. The maximum Gasteiger partial charge on any atom is 0.220 e. The van der Waals surface area contributed by atoms with Gasteiger partial charge in [-0.05, 0) is 22.8 Å². The van der Waals surface area contributed by atoms with E-state index in [4.69, 9.17) is 0 Å². The van der Waals surface area contributed by atoms with Crippen LogP contribution in [-0.4, -0.2) is 25.5 Å². The Kier molecular flexibility index (Phi) is 3.97. The predicted octanol–water partition coefficient (Wildman–Crippen LogP) is 2.11. The molecule has 1 heterocycles. The van der Waals surface area contributed by atoms with Crippen molar-refractivity contribution >= 4 is 16.7 Å². The van der Waals surface area contributed by atoms with Gasteiger partial charge < -0.3 is 10.6 Å². The second kappa shape index (κ2) is 6.06. The molecule has 104 valence electrons. The van der Waals surface area contributed by atoms with Gasteiger partial charge in [-0.25, -0.2) is 0 Å². The molecule has 2 aromatic rings. The van der Waals surface area contributed by atoms with Gasteiger partial charge in [-0.15, -0.1) is 0 Å². The van der Waals surface area contributed by atoms with Crippen molar-refractivity contribution in [2.24, 2.45) is 5.92 Å². The third-order valence-electron chi connectivity index (χ3n) is 3.91. The normalized spacial score (nSPS) is 15.0. The van der Waals surface area contributed by atoms with Crippen LogP contribution in [0.3, 0.4) is 0 Å². The number of hydrogen-bond acceptors (Lipinski definition) is 2. The molecule has 1 aliphatic rings. The first-order valence-corrected chi connectivity index (χ1v) is 7.26. The lowest BCUT2D eigenvalue weighted by molar-refractivity contribution is -0.121. The number of aryl methyl sites for hydroxylation is 1. The van der Waals surface area contributed by atoms with Gasteiger partial charge in [0.05, 0.1) is 0 Å². The Balaban J connectivity index is 1.52. The van der Waals surface area contributed by atoms with E-state index in [1.54, 1.807) is 0 Å². The number of amides is 1. The van der Waals surface area contributed by atoms with Gasteiger partial charge in [-0.3, -0.25) is 4.79 Å². The van der Waals surface area contributed by atoms with Gasteiger partial charge in [0, 0.05) is 32.0 Å². The quantitative estimate of drug-likeness (QED) is 0.872. The van der Waals surface area contributed by atoms with E-state index in [1.807, 2.05) is 12.1 Å². The maximum atomic E-state index is 11.8. The van der Waals surface area contributed by atoms with Crippen LogP contribution >= 0.6 is 0 Å². The van der Waals surface area contributed by atoms with Crippen LogP contribution in [0.2, 0.25) is 0 Å². The summed E-state index contributed by atoms with van der Waals surface area (Å²) in [5.74, 6) is 0.782. The summed E-state index contributed by atoms with van der Waals surface area (Å²) in [4.78, 5) is 11.8. The molecule has 0 aliphatic carbocycles. The summed E-state index contributed by atoms with van der Waals surface area (Å²) in [6, 6.07) is 14.7. The summed E-state index contributed by atoms with van der Waals surface area (Å²) in [5.41, 5.74) is 1.23. The van der Waals surface area contributed by atoms with Crippen molar-refractivity contribution in [3.63, 3.8) is 0 Å². The molecule has 1 saturated heterocycles. The van der Waals surface area contributed by atoms with Crippen molar-refractivity contribution in [1.82, 2.24) is 10.6 Å². The smallest absolute Gasteiger partial charge is 0.220 e. The fourth-order valence-corrected chi connectivity index (χ4v) is 2.49. The third-order valence-corrected chi connectivity index (χ3v) is 3.91. The van der Waals surface area contributed by atoms with Gasteiger partial charge in [-0.1, -0.05) is 42.5 Å². The highest BCUT2D eigenvalue weighted by Gasteiger charge is 2.16. The first-order chi connectivity index (χ1) is 9.81. The molecule has 3 heteroatoms. The number of benzene rings is 2. The Hall–Kier alpha value is -1.87. The molecule has 0 bridgehead atoms. The van der Waals surface area contributed by atoms with E-state index < -0.39 is 0 Å². The Bertz CT molecular complexity index is 605. The minimum absolute atomic E-state index is 0.157. The summed E-state index contributed by atoms with van der Waals surface area (Å²) in [5, 5.41) is 8.71. The molecule has 0 aromatic heterocycles. The number of hydrogen-bond donors (Lipinski definition) is 2. The van der Waals surface area contributed by atoms with Crippen molar-refractivity contribution in [2.75, 3.05) is 19.6 Å². The molecule has 2 N–H and O–H groups in total. The van der Waals surface area contributed by atoms with Crippen LogP contribution in [0.25, 0.3) is 10.8 Å². The average Bonchev–Trinajstić information content (AvgIpc) is 2.43. The van der Waals surface area contributed by atoms with Gasteiger partial charge in [0.2, 0.25) is 5.91 Å². The van der Waals surface area contributed by atoms with Gasteiger partial charge >= 0.3 is 0 Å². The Morgan fingerprint density at radius 3 is 2.70 bits per heavy atom. The molecule has 0 unspecified atom stereocenters. The average molecular weight is 268 g/mol. The van der Waals surface area contributed by atoms with Crippen LogP contribution < -0.4 is 10.6 Å². The van der Waals surface area contributed by atoms with Crippen molar-refractivity contribution in [1.29, 1.82) is 0 Å². The standard InChI is InChI=1S/C17H20N2O/c20-17(19-12-14-10-18-11-14)8-6-13-5-7-15-3-1-2-4-16(15)9-13/h1-5,7,9,14,18H,6,8,10-12H2,(H,19,20). The van der Waals surface area contributed by atoms with Crippen molar-refractivity contribution in [2.45, 2.75) is 12.8 Å². The summed E-state index contributed by atoms with van der Waals surface area (Å²) in [7, 11) is 0. The molecular formula is C17H20N2O. The lowest BCUT2D eigenvalue weighted by Gasteiger charge is -2.27. The van der Waals surface area contributed by atoms with E-state index >= 15 is 0 Å². The number of fused-ring (bicyclic) bond motifs is 1. The van der Waals surface area contributed by atoms with Gasteiger partial charge in [-0.2, -0.15) is 0 Å². The first kappa shape index (κ1) is 13.1. The highest BCUT2D eigenvalue weighted by Crippen LogP contribution is 2.16. The van der Waals surface area contributed by atoms with E-state index in [0.717, 1.165) is 26.1 Å². The molecule has 0 saturated carbocycles. The number of carbonyl (C=O) groups is 1. The minimum Gasteiger partial charge on any atom is -0.356 e. The highest BCUT2D eigenvalue weighted by atomic mass is 16.1. The maximum absolute atomic E-state index is 11.8. The summed E-state index contributed by atoms with van der Waals surface area (Å²) < 4.78 is 0. The Morgan fingerprint density at radius 1 is 1.15 bits per heavy atom. The number of nitrogens with one attached hydrogen (secondary N) is 2. The molecule has 1 amide bonds. The monoisotopic (exact) mass is 268 g/mol. The number of rotatable bonds is 5. The van der Waals surface area contributed by atoms with Gasteiger partial charge in [0.25, 0.3) is 0 Å². The molecule has 1 aliphatic heterocycles. The zero-order valence-corrected chi connectivity index (χ0v) is 11.6. The molecule has 3 rings (SSSR count). The van der Waals surface area contributed by atoms with Crippen molar-refractivity contribution < 1.29 is 4.79 Å². The van der Waals surface area contributed by atoms with Crippen LogP contribution in [0.5, 0.6) is 0 Å². The largest absolute Gasteiger partial charge is 0.356 e. The zero-order valence-electron chi connectivity index (χ0n) is 11.6. The SMILES string of the molecule is O=C(CCc1ccc2ccccc2c1)NCC1CNC1. The number of carbonyl (C=O) groups excluding carboxylic acids is 1. The molecule has 0 atom stereocenters. The minimum atomic E-state index is 0.157. The van der Waals surface area contributed by atoms with Crippen LogP contribution in [0.4, 0.5) is 0 Å². The van der Waals surface area contributed by atoms with E-state index in [-0.39, 0.29) is 5.91 Å². The zero-order chi connectivity index (χ0) is 13.8. The Morgan fingerprint density at radius 2 is 1.95 bits per heavy atom. The van der Waals surface area contributed by atoms with Crippen molar-refractivity contribution in [3.8, 4) is 0 Å². The van der Waals surface area contributed by atoms with Gasteiger partial charge in [0.15, 0.2) is 0 Å². The lowest BCUT2D eigenvalue weighted by atomic mass is 10.0. The predicted molar refractivity (Wildman–Crippen MR) is 81.6 cm³/mol. The van der Waals surface area contributed by atoms with Crippen LogP contribution in [-0.2, 0) is 11.2 Å². The molecule has 1 fully saturated rings. The van der Waals surface area contributed by atoms with Gasteiger partial charge in [0.1, 0.15) is 0 Å². The molecule has 0 radical (unpaired) electrons. The molecule has 0 spiro atoms. The second-order valence-corrected chi connectivity index (χ2v) is 5.51. The van der Waals surface area contributed by atoms with E-state index in [0.29, 0.717) is 12.3 Å². The van der Waals surface area contributed by atoms with Crippen LogP contribution in [0.15, 0.2) is 42.5 Å². The van der Waals surface area contributed by atoms with Crippen molar-refractivity contribution in [3.05, 3.63) is 48.0 Å². The fraction of sp³-hybridized carbons (Fsp3) is 0.353. The lowest BCUT2D eigenvalue weighted by Crippen LogP contribution is -2.48. The first-order valence-electron chi connectivity index (χ1n) is 7.26. The topological polar surface area (TPSA) is 41.1 Å². The highest BCUT2D eigenvalue weighted by molar-refractivity contribution is 5.83. The fourth-order valence-electron chi connectivity index (χ4n) is 2.49. The van der Waals surface area contributed by atoms with E-state index in [9.17, 15) is 4.79 Å². The van der Waals surface area contributed by atoms with E-state index in [2.05, 4.69) is 41.0 Å². The summed E-state index contributed by atoms with van der Waals surface area (Å²) in [6.07, 6.45) is 1.37.